The van der Waals surface area contributed by atoms with Gasteiger partial charge >= 0.3 is 0 Å². The van der Waals surface area contributed by atoms with Gasteiger partial charge in [0.2, 0.25) is 0 Å². The Kier molecular flexibility index (Phi) is 4.30. The third-order valence-corrected chi connectivity index (χ3v) is 5.27. The number of carbonyl (C=O) groups is 1. The van der Waals surface area contributed by atoms with Crippen molar-refractivity contribution in [2.75, 3.05) is 0 Å². The SMILES string of the molecule is O=C1NC(=S)N/C1=C/c1ccc(Sc2ccc(Cl)cc2)s1. The molecule has 3 nitrogen and oxygen atoms in total. The topological polar surface area (TPSA) is 41.1 Å². The van der Waals surface area contributed by atoms with Gasteiger partial charge in [-0.15, -0.1) is 11.3 Å². The lowest BCUT2D eigenvalue weighted by molar-refractivity contribution is -0.115. The summed E-state index contributed by atoms with van der Waals surface area (Å²) in [4.78, 5) is 13.7. The zero-order valence-corrected chi connectivity index (χ0v) is 13.8. The number of halogens is 1. The molecule has 0 bridgehead atoms. The summed E-state index contributed by atoms with van der Waals surface area (Å²) in [6, 6.07) is 11.7. The lowest BCUT2D eigenvalue weighted by Gasteiger charge is -1.97. The van der Waals surface area contributed by atoms with Gasteiger partial charge in [-0.1, -0.05) is 23.4 Å². The molecule has 3 rings (SSSR count). The molecule has 1 aromatic heterocycles. The van der Waals surface area contributed by atoms with E-state index in [0.717, 1.165) is 19.0 Å². The fourth-order valence-corrected chi connectivity index (χ4v) is 4.10. The second kappa shape index (κ2) is 6.19. The van der Waals surface area contributed by atoms with E-state index in [9.17, 15) is 4.79 Å². The number of thiocarbonyl (C=S) groups is 1. The van der Waals surface area contributed by atoms with E-state index >= 15 is 0 Å². The van der Waals surface area contributed by atoms with E-state index in [4.69, 9.17) is 23.8 Å². The molecular weight excluding hydrogens is 344 g/mol. The first kappa shape index (κ1) is 14.6. The van der Waals surface area contributed by atoms with Crippen molar-refractivity contribution in [2.24, 2.45) is 0 Å². The smallest absolute Gasteiger partial charge is 0.273 e. The molecule has 2 aromatic rings. The molecule has 7 heteroatoms. The maximum absolute atomic E-state index is 11.6. The molecule has 1 fully saturated rings. The van der Waals surface area contributed by atoms with Crippen LogP contribution < -0.4 is 10.6 Å². The summed E-state index contributed by atoms with van der Waals surface area (Å²) in [5, 5.41) is 6.45. The van der Waals surface area contributed by atoms with Gasteiger partial charge in [-0.25, -0.2) is 0 Å². The Bertz CT molecular complexity index is 737. The van der Waals surface area contributed by atoms with Crippen LogP contribution in [0.3, 0.4) is 0 Å². The molecule has 2 heterocycles. The van der Waals surface area contributed by atoms with Crippen LogP contribution >= 0.6 is 46.9 Å². The summed E-state index contributed by atoms with van der Waals surface area (Å²) < 4.78 is 1.14. The molecule has 0 saturated carbocycles. The fraction of sp³-hybridized carbons (Fsp3) is 0. The van der Waals surface area contributed by atoms with Crippen molar-refractivity contribution < 1.29 is 4.79 Å². The zero-order chi connectivity index (χ0) is 14.8. The van der Waals surface area contributed by atoms with Crippen LogP contribution in [0.1, 0.15) is 4.88 Å². The summed E-state index contributed by atoms with van der Waals surface area (Å²) in [6.45, 7) is 0. The number of hydrogen-bond donors (Lipinski definition) is 2. The van der Waals surface area contributed by atoms with Crippen molar-refractivity contribution >= 4 is 64.0 Å². The predicted octanol–water partition coefficient (Wildman–Crippen LogP) is 3.90. The maximum atomic E-state index is 11.6. The minimum Gasteiger partial charge on any atom is -0.328 e. The summed E-state index contributed by atoms with van der Waals surface area (Å²) in [7, 11) is 0. The Morgan fingerprint density at radius 3 is 2.57 bits per heavy atom. The highest BCUT2D eigenvalue weighted by Crippen LogP contribution is 2.34. The molecular formula is C14H9ClN2OS3. The molecule has 1 aliphatic heterocycles. The molecule has 0 unspecified atom stereocenters. The van der Waals surface area contributed by atoms with Gasteiger partial charge in [0.1, 0.15) is 5.70 Å². The number of benzene rings is 1. The standard InChI is InChI=1S/C14H9ClN2OS3/c15-8-1-3-9(4-2-8)20-12-6-5-10(21-12)7-11-13(18)17-14(19)16-11/h1-7H,(H2,16,17,18,19)/b11-7+. The average molecular weight is 353 g/mol. The fourth-order valence-electron chi connectivity index (χ4n) is 1.71. The third kappa shape index (κ3) is 3.65. The van der Waals surface area contributed by atoms with Gasteiger partial charge in [0, 0.05) is 14.8 Å². The van der Waals surface area contributed by atoms with Crippen LogP contribution in [-0.2, 0) is 4.79 Å². The molecule has 106 valence electrons. The number of rotatable bonds is 3. The van der Waals surface area contributed by atoms with Gasteiger partial charge in [0.15, 0.2) is 5.11 Å². The van der Waals surface area contributed by atoms with E-state index < -0.39 is 0 Å². The highest BCUT2D eigenvalue weighted by molar-refractivity contribution is 8.01. The average Bonchev–Trinajstić information content (AvgIpc) is 3.00. The first-order chi connectivity index (χ1) is 10.1. The van der Waals surface area contributed by atoms with Crippen LogP contribution in [0.15, 0.2) is 51.2 Å². The van der Waals surface area contributed by atoms with Gasteiger partial charge < -0.3 is 5.32 Å². The molecule has 1 saturated heterocycles. The van der Waals surface area contributed by atoms with Gasteiger partial charge in [0.25, 0.3) is 5.91 Å². The number of amides is 1. The maximum Gasteiger partial charge on any atom is 0.273 e. The van der Waals surface area contributed by atoms with Crippen LogP contribution in [-0.4, -0.2) is 11.0 Å². The Balaban J connectivity index is 1.74. The molecule has 1 aliphatic rings. The van der Waals surface area contributed by atoms with E-state index in [2.05, 4.69) is 10.6 Å². The lowest BCUT2D eigenvalue weighted by Crippen LogP contribution is -2.21. The molecule has 0 radical (unpaired) electrons. The first-order valence-corrected chi connectivity index (χ1v) is 8.39. The number of carbonyl (C=O) groups excluding carboxylic acids is 1. The van der Waals surface area contributed by atoms with Gasteiger partial charge in [-0.05, 0) is 54.7 Å². The van der Waals surface area contributed by atoms with Crippen molar-refractivity contribution in [3.63, 3.8) is 0 Å². The molecule has 21 heavy (non-hydrogen) atoms. The quantitative estimate of drug-likeness (QED) is 0.649. The first-order valence-electron chi connectivity index (χ1n) is 5.97. The summed E-state index contributed by atoms with van der Waals surface area (Å²) in [6.07, 6.45) is 1.80. The van der Waals surface area contributed by atoms with E-state index in [0.29, 0.717) is 10.8 Å². The van der Waals surface area contributed by atoms with E-state index in [1.807, 2.05) is 36.4 Å². The number of nitrogens with one attached hydrogen (secondary N) is 2. The second-order valence-corrected chi connectivity index (χ2v) is 7.51. The molecule has 1 amide bonds. The zero-order valence-electron chi connectivity index (χ0n) is 10.6. The molecule has 0 atom stereocenters. The number of hydrogen-bond acceptors (Lipinski definition) is 4. The third-order valence-electron chi connectivity index (χ3n) is 2.64. The van der Waals surface area contributed by atoms with E-state index in [1.165, 1.54) is 0 Å². The minimum atomic E-state index is -0.194. The van der Waals surface area contributed by atoms with Crippen LogP contribution in [0.2, 0.25) is 5.02 Å². The molecule has 0 spiro atoms. The van der Waals surface area contributed by atoms with Gasteiger partial charge in [0.05, 0.1) is 4.21 Å². The normalized spacial score (nSPS) is 16.1. The second-order valence-electron chi connectivity index (χ2n) is 4.18. The summed E-state index contributed by atoms with van der Waals surface area (Å²) in [5.41, 5.74) is 0.477. The van der Waals surface area contributed by atoms with Crippen molar-refractivity contribution in [2.45, 2.75) is 9.10 Å². The van der Waals surface area contributed by atoms with Crippen LogP contribution in [0.4, 0.5) is 0 Å². The Morgan fingerprint density at radius 1 is 1.14 bits per heavy atom. The van der Waals surface area contributed by atoms with Crippen molar-refractivity contribution in [3.8, 4) is 0 Å². The number of thiophene rings is 1. The Labute approximate surface area is 140 Å². The van der Waals surface area contributed by atoms with Crippen molar-refractivity contribution in [1.29, 1.82) is 0 Å². The highest BCUT2D eigenvalue weighted by Gasteiger charge is 2.20. The predicted molar refractivity (Wildman–Crippen MR) is 91.7 cm³/mol. The minimum absolute atomic E-state index is 0.194. The molecule has 1 aromatic carbocycles. The largest absolute Gasteiger partial charge is 0.328 e. The Morgan fingerprint density at radius 2 is 1.90 bits per heavy atom. The highest BCUT2D eigenvalue weighted by atomic mass is 35.5. The lowest BCUT2D eigenvalue weighted by atomic mass is 10.3. The van der Waals surface area contributed by atoms with Gasteiger partial charge in [-0.3, -0.25) is 10.1 Å². The van der Waals surface area contributed by atoms with Gasteiger partial charge in [-0.2, -0.15) is 0 Å². The molecule has 0 aliphatic carbocycles. The van der Waals surface area contributed by atoms with Crippen molar-refractivity contribution in [3.05, 3.63) is 52.0 Å². The van der Waals surface area contributed by atoms with Crippen LogP contribution in [0.25, 0.3) is 6.08 Å². The van der Waals surface area contributed by atoms with Crippen LogP contribution in [0, 0.1) is 0 Å². The molecule has 2 N–H and O–H groups in total. The Hall–Kier alpha value is -1.34. The monoisotopic (exact) mass is 352 g/mol. The van der Waals surface area contributed by atoms with E-state index in [-0.39, 0.29) is 5.91 Å². The van der Waals surface area contributed by atoms with E-state index in [1.54, 1.807) is 29.2 Å². The summed E-state index contributed by atoms with van der Waals surface area (Å²) in [5.74, 6) is -0.194. The summed E-state index contributed by atoms with van der Waals surface area (Å²) >= 11 is 14.0. The van der Waals surface area contributed by atoms with Crippen LogP contribution in [0.5, 0.6) is 0 Å². The van der Waals surface area contributed by atoms with Crippen molar-refractivity contribution in [1.82, 2.24) is 10.6 Å².